The summed E-state index contributed by atoms with van der Waals surface area (Å²) in [5.41, 5.74) is 0.956. The van der Waals surface area contributed by atoms with Gasteiger partial charge in [0, 0.05) is 12.2 Å². The van der Waals surface area contributed by atoms with Crippen molar-refractivity contribution in [3.8, 4) is 5.75 Å². The van der Waals surface area contributed by atoms with E-state index < -0.39 is 17.9 Å². The molecule has 1 amide bonds. The van der Waals surface area contributed by atoms with Crippen LogP contribution in [0.3, 0.4) is 0 Å². The number of carbonyl (C=O) groups is 2. The third-order valence-electron chi connectivity index (χ3n) is 4.63. The second-order valence-corrected chi connectivity index (χ2v) is 8.56. The number of hydrogen-bond donors (Lipinski definition) is 1. The maximum atomic E-state index is 13.3. The minimum absolute atomic E-state index is 0.0773. The van der Waals surface area contributed by atoms with Crippen molar-refractivity contribution in [3.05, 3.63) is 77.3 Å². The van der Waals surface area contributed by atoms with Gasteiger partial charge in [-0.3, -0.25) is 9.36 Å². The van der Waals surface area contributed by atoms with Crippen molar-refractivity contribution < 1.29 is 23.5 Å². The molecule has 1 N–H and O–H groups in total. The highest BCUT2D eigenvalue weighted by atomic mass is 35.5. The van der Waals surface area contributed by atoms with Crippen molar-refractivity contribution in [2.24, 2.45) is 0 Å². The Balaban J connectivity index is 1.63. The molecule has 0 aliphatic carbocycles. The van der Waals surface area contributed by atoms with Crippen molar-refractivity contribution in [2.75, 3.05) is 17.7 Å². The molecule has 0 saturated heterocycles. The third kappa shape index (κ3) is 7.06. The smallest absolute Gasteiger partial charge is 0.338 e. The average Bonchev–Trinajstić information content (AvgIpc) is 3.23. The number of halogens is 2. The number of aromatic nitrogens is 3. The zero-order valence-corrected chi connectivity index (χ0v) is 20.7. The summed E-state index contributed by atoms with van der Waals surface area (Å²) >= 11 is 7.26. The molecule has 2 aromatic carbocycles. The molecular weight excluding hydrogens is 495 g/mol. The molecule has 0 spiro atoms. The molecule has 0 aliphatic rings. The summed E-state index contributed by atoms with van der Waals surface area (Å²) in [7, 11) is 0. The van der Waals surface area contributed by atoms with E-state index >= 15 is 0 Å². The fourth-order valence-corrected chi connectivity index (χ4v) is 4.02. The summed E-state index contributed by atoms with van der Waals surface area (Å²) in [6, 6.07) is 10.3. The van der Waals surface area contributed by atoms with Gasteiger partial charge in [-0.1, -0.05) is 29.4 Å². The summed E-state index contributed by atoms with van der Waals surface area (Å²) in [6.45, 7) is 7.95. The normalized spacial score (nSPS) is 11.5. The van der Waals surface area contributed by atoms with E-state index in [0.29, 0.717) is 34.5 Å². The summed E-state index contributed by atoms with van der Waals surface area (Å²) in [4.78, 5) is 24.2. The van der Waals surface area contributed by atoms with Gasteiger partial charge < -0.3 is 14.8 Å². The maximum absolute atomic E-state index is 13.3. The predicted octanol–water partition coefficient (Wildman–Crippen LogP) is 5.30. The largest absolute Gasteiger partial charge is 0.481 e. The third-order valence-corrected chi connectivity index (χ3v) is 5.89. The number of esters is 1. The van der Waals surface area contributed by atoms with Crippen LogP contribution in [0.15, 0.2) is 60.3 Å². The fourth-order valence-electron chi connectivity index (χ4n) is 3.05. The van der Waals surface area contributed by atoms with Crippen LogP contribution in [0.5, 0.6) is 5.75 Å². The highest BCUT2D eigenvalue weighted by Gasteiger charge is 2.21. The Morgan fingerprint density at radius 1 is 1.26 bits per heavy atom. The molecule has 1 aromatic heterocycles. The number of amides is 1. The van der Waals surface area contributed by atoms with Gasteiger partial charge in [0.2, 0.25) is 5.91 Å². The highest BCUT2D eigenvalue weighted by molar-refractivity contribution is 7.99. The molecule has 0 radical (unpaired) electrons. The molecule has 3 rings (SSSR count). The minimum Gasteiger partial charge on any atom is -0.481 e. The van der Waals surface area contributed by atoms with Gasteiger partial charge in [-0.15, -0.1) is 16.8 Å². The van der Waals surface area contributed by atoms with Gasteiger partial charge in [-0.2, -0.15) is 0 Å². The van der Waals surface area contributed by atoms with Gasteiger partial charge in [0.1, 0.15) is 11.6 Å². The summed E-state index contributed by atoms with van der Waals surface area (Å²) in [5, 5.41) is 11.8. The maximum Gasteiger partial charge on any atom is 0.338 e. The Labute approximate surface area is 211 Å². The number of ether oxygens (including phenoxy) is 2. The molecular formula is C24H24ClFN4O4S. The van der Waals surface area contributed by atoms with E-state index in [1.54, 1.807) is 48.8 Å². The van der Waals surface area contributed by atoms with Crippen molar-refractivity contribution in [1.29, 1.82) is 0 Å². The number of nitrogens with one attached hydrogen (secondary N) is 1. The Kier molecular flexibility index (Phi) is 9.27. The van der Waals surface area contributed by atoms with Crippen LogP contribution in [0.1, 0.15) is 36.1 Å². The van der Waals surface area contributed by atoms with Gasteiger partial charge in [0.25, 0.3) is 0 Å². The van der Waals surface area contributed by atoms with E-state index in [4.69, 9.17) is 21.1 Å². The van der Waals surface area contributed by atoms with Crippen LogP contribution in [-0.4, -0.2) is 39.0 Å². The van der Waals surface area contributed by atoms with Gasteiger partial charge in [0.15, 0.2) is 17.1 Å². The quantitative estimate of drug-likeness (QED) is 0.209. The van der Waals surface area contributed by atoms with Gasteiger partial charge in [0.05, 0.1) is 22.9 Å². The first kappa shape index (κ1) is 26.2. The topological polar surface area (TPSA) is 95.3 Å². The second kappa shape index (κ2) is 12.4. The SMILES string of the molecule is C=CCn1c(SCC(=O)Nc2ccc(C(=O)OCC)cc2)nnc1C(C)Oc1ccc(F)cc1Cl. The van der Waals surface area contributed by atoms with E-state index in [9.17, 15) is 14.0 Å². The first-order valence-electron chi connectivity index (χ1n) is 10.7. The lowest BCUT2D eigenvalue weighted by Crippen LogP contribution is -2.16. The Morgan fingerprint density at radius 3 is 2.66 bits per heavy atom. The average molecular weight is 519 g/mol. The minimum atomic E-state index is -0.550. The molecule has 0 fully saturated rings. The van der Waals surface area contributed by atoms with E-state index in [2.05, 4.69) is 22.1 Å². The van der Waals surface area contributed by atoms with Crippen molar-refractivity contribution in [3.63, 3.8) is 0 Å². The molecule has 3 aromatic rings. The van der Waals surface area contributed by atoms with Crippen LogP contribution in [0, 0.1) is 5.82 Å². The zero-order valence-electron chi connectivity index (χ0n) is 19.2. The van der Waals surface area contributed by atoms with Gasteiger partial charge in [-0.25, -0.2) is 9.18 Å². The van der Waals surface area contributed by atoms with Crippen LogP contribution in [0.25, 0.3) is 0 Å². The molecule has 0 saturated carbocycles. The Morgan fingerprint density at radius 2 is 2.00 bits per heavy atom. The molecule has 184 valence electrons. The number of allylic oxidation sites excluding steroid dienone is 1. The number of carbonyl (C=O) groups excluding carboxylic acids is 2. The highest BCUT2D eigenvalue weighted by Crippen LogP contribution is 2.30. The molecule has 1 atom stereocenters. The van der Waals surface area contributed by atoms with Crippen molar-refractivity contribution >= 4 is 40.9 Å². The first-order chi connectivity index (χ1) is 16.8. The molecule has 8 nitrogen and oxygen atoms in total. The van der Waals surface area contributed by atoms with Crippen LogP contribution in [0.4, 0.5) is 10.1 Å². The summed E-state index contributed by atoms with van der Waals surface area (Å²) in [6.07, 6.45) is 1.13. The van der Waals surface area contributed by atoms with Crippen LogP contribution < -0.4 is 10.1 Å². The molecule has 1 unspecified atom stereocenters. The van der Waals surface area contributed by atoms with Crippen molar-refractivity contribution in [2.45, 2.75) is 31.7 Å². The Bertz CT molecular complexity index is 1200. The van der Waals surface area contributed by atoms with E-state index in [1.807, 2.05) is 0 Å². The standard InChI is InChI=1S/C24H24ClFN4O4S/c1-4-12-30-22(15(3)34-20-11-8-17(26)13-19(20)25)28-29-24(30)35-14-21(31)27-18-9-6-16(7-10-18)23(32)33-5-2/h4,6-11,13,15H,1,5,12,14H2,2-3H3,(H,27,31). The van der Waals surface area contributed by atoms with Gasteiger partial charge in [-0.05, 0) is 56.3 Å². The monoisotopic (exact) mass is 518 g/mol. The van der Waals surface area contributed by atoms with Crippen LogP contribution in [-0.2, 0) is 16.1 Å². The van der Waals surface area contributed by atoms with E-state index in [-0.39, 0.29) is 23.3 Å². The van der Waals surface area contributed by atoms with E-state index in [0.717, 1.165) is 0 Å². The number of nitrogens with zero attached hydrogens (tertiary/aromatic N) is 3. The fraction of sp³-hybridized carbons (Fsp3) is 0.250. The first-order valence-corrected chi connectivity index (χ1v) is 12.0. The summed E-state index contributed by atoms with van der Waals surface area (Å²) in [5.74, 6) is -0.238. The van der Waals surface area contributed by atoms with Gasteiger partial charge >= 0.3 is 5.97 Å². The number of benzene rings is 2. The lowest BCUT2D eigenvalue weighted by molar-refractivity contribution is -0.113. The van der Waals surface area contributed by atoms with Crippen molar-refractivity contribution in [1.82, 2.24) is 14.8 Å². The second-order valence-electron chi connectivity index (χ2n) is 7.21. The number of rotatable bonds is 11. The molecule has 0 bridgehead atoms. The molecule has 35 heavy (non-hydrogen) atoms. The summed E-state index contributed by atoms with van der Waals surface area (Å²) < 4.78 is 25.9. The van der Waals surface area contributed by atoms with Crippen LogP contribution >= 0.6 is 23.4 Å². The van der Waals surface area contributed by atoms with Crippen LogP contribution in [0.2, 0.25) is 5.02 Å². The van der Waals surface area contributed by atoms with E-state index in [1.165, 1.54) is 30.0 Å². The number of anilines is 1. The lowest BCUT2D eigenvalue weighted by Gasteiger charge is -2.16. The number of thioether (sulfide) groups is 1. The molecule has 0 aliphatic heterocycles. The number of hydrogen-bond acceptors (Lipinski definition) is 7. The zero-order chi connectivity index (χ0) is 25.4. The Hall–Kier alpha value is -3.37. The molecule has 1 heterocycles. The molecule has 11 heteroatoms. The lowest BCUT2D eigenvalue weighted by atomic mass is 10.2. The predicted molar refractivity (Wildman–Crippen MR) is 132 cm³/mol.